The molecule has 6 heteroatoms. The van der Waals surface area contributed by atoms with Crippen LogP contribution in [0.3, 0.4) is 0 Å². The van der Waals surface area contributed by atoms with E-state index in [-0.39, 0.29) is 16.9 Å². The lowest BCUT2D eigenvalue weighted by Crippen LogP contribution is -2.47. The molecule has 0 amide bonds. The van der Waals surface area contributed by atoms with Gasteiger partial charge in [0.1, 0.15) is 11.5 Å². The average molecular weight is 460 g/mol. The van der Waals surface area contributed by atoms with Gasteiger partial charge in [0.2, 0.25) is 0 Å². The maximum absolute atomic E-state index is 13.5. The average Bonchev–Trinajstić information content (AvgIpc) is 3.65. The molecule has 5 rings (SSSR count). The van der Waals surface area contributed by atoms with Gasteiger partial charge in [-0.1, -0.05) is 42.5 Å². The predicted molar refractivity (Wildman–Crippen MR) is 131 cm³/mol. The van der Waals surface area contributed by atoms with E-state index in [1.165, 1.54) is 17.5 Å². The van der Waals surface area contributed by atoms with Crippen molar-refractivity contribution in [3.8, 4) is 0 Å². The second-order valence-corrected chi connectivity index (χ2v) is 9.74. The number of carbonyl (C=O) groups is 1. The van der Waals surface area contributed by atoms with E-state index in [4.69, 9.17) is 5.11 Å². The smallest absolute Gasteiger partial charge is 0.354 e. The molecule has 176 valence electrons. The van der Waals surface area contributed by atoms with Crippen molar-refractivity contribution in [3.63, 3.8) is 0 Å². The lowest BCUT2D eigenvalue weighted by Gasteiger charge is -2.43. The van der Waals surface area contributed by atoms with E-state index >= 15 is 0 Å². The molecule has 5 nitrogen and oxygen atoms in total. The minimum Gasteiger partial charge on any atom is -0.477 e. The Balaban J connectivity index is 1.26. The molecule has 0 radical (unpaired) electrons. The topological polar surface area (TPSA) is 65.5 Å². The standard InChI is InChI=1S/C28H30FN3O2/c29-22-8-6-20(7-9-22)17-28(19-31-26-16-24(26)21-4-2-1-3-5-21)12-14-32(15-13-28)23-10-11-25(27(33)34)30-18-23/h1-11,18,24,26,31H,12-17,19H2,(H,33,34)/t24?,26-/m1/s1. The van der Waals surface area contributed by atoms with Crippen LogP contribution in [0.4, 0.5) is 10.1 Å². The van der Waals surface area contributed by atoms with Gasteiger partial charge in [-0.2, -0.15) is 0 Å². The molecule has 34 heavy (non-hydrogen) atoms. The number of anilines is 1. The number of rotatable bonds is 8. The molecule has 2 aromatic carbocycles. The zero-order valence-electron chi connectivity index (χ0n) is 19.2. The molecule has 1 saturated heterocycles. The number of benzene rings is 2. The van der Waals surface area contributed by atoms with Crippen molar-refractivity contribution in [3.05, 3.63) is 95.6 Å². The van der Waals surface area contributed by atoms with Crippen molar-refractivity contribution in [1.29, 1.82) is 0 Å². The van der Waals surface area contributed by atoms with Crippen molar-refractivity contribution in [2.75, 3.05) is 24.5 Å². The first-order chi connectivity index (χ1) is 16.5. The number of halogens is 1. The monoisotopic (exact) mass is 459 g/mol. The summed E-state index contributed by atoms with van der Waals surface area (Å²) in [5.74, 6) is -0.627. The van der Waals surface area contributed by atoms with Crippen LogP contribution in [0, 0.1) is 11.2 Å². The van der Waals surface area contributed by atoms with Crippen molar-refractivity contribution in [2.45, 2.75) is 37.6 Å². The molecule has 1 saturated carbocycles. The molecular formula is C28H30FN3O2. The fraction of sp³-hybridized carbons (Fsp3) is 0.357. The third kappa shape index (κ3) is 5.12. The molecule has 2 atom stereocenters. The lowest BCUT2D eigenvalue weighted by atomic mass is 9.73. The molecular weight excluding hydrogens is 429 g/mol. The van der Waals surface area contributed by atoms with Crippen LogP contribution < -0.4 is 10.2 Å². The second-order valence-electron chi connectivity index (χ2n) is 9.74. The zero-order chi connectivity index (χ0) is 23.5. The molecule has 1 unspecified atom stereocenters. The van der Waals surface area contributed by atoms with Crippen LogP contribution in [0.1, 0.15) is 46.8 Å². The third-order valence-electron chi connectivity index (χ3n) is 7.41. The summed E-state index contributed by atoms with van der Waals surface area (Å²) < 4.78 is 13.5. The molecule has 1 aliphatic carbocycles. The number of nitrogens with zero attached hydrogens (tertiary/aromatic N) is 2. The van der Waals surface area contributed by atoms with E-state index in [2.05, 4.69) is 45.5 Å². The minimum absolute atomic E-state index is 0.0630. The summed E-state index contributed by atoms with van der Waals surface area (Å²) in [6, 6.07) is 21.5. The molecule has 0 spiro atoms. The van der Waals surface area contributed by atoms with E-state index < -0.39 is 5.97 Å². The number of nitrogens with one attached hydrogen (secondary N) is 1. The Hall–Kier alpha value is -3.25. The first kappa shape index (κ1) is 22.5. The van der Waals surface area contributed by atoms with E-state index in [1.807, 2.05) is 18.2 Å². The molecule has 3 aromatic rings. The van der Waals surface area contributed by atoms with Crippen molar-refractivity contribution >= 4 is 11.7 Å². The maximum Gasteiger partial charge on any atom is 0.354 e. The van der Waals surface area contributed by atoms with Crippen LogP contribution in [0.5, 0.6) is 0 Å². The summed E-state index contributed by atoms with van der Waals surface area (Å²) >= 11 is 0. The summed E-state index contributed by atoms with van der Waals surface area (Å²) in [5, 5.41) is 13.0. The fourth-order valence-corrected chi connectivity index (χ4v) is 5.23. The quantitative estimate of drug-likeness (QED) is 0.502. The number of hydrogen-bond acceptors (Lipinski definition) is 4. The maximum atomic E-state index is 13.5. The third-order valence-corrected chi connectivity index (χ3v) is 7.41. The summed E-state index contributed by atoms with van der Waals surface area (Å²) in [6.45, 7) is 2.69. The number of hydrogen-bond donors (Lipinski definition) is 2. The van der Waals surface area contributed by atoms with E-state index in [0.29, 0.717) is 12.0 Å². The fourth-order valence-electron chi connectivity index (χ4n) is 5.23. The van der Waals surface area contributed by atoms with Gasteiger partial charge >= 0.3 is 5.97 Å². The number of carboxylic acids is 1. The molecule has 1 aliphatic heterocycles. The highest BCUT2D eigenvalue weighted by Gasteiger charge is 2.41. The Morgan fingerprint density at radius 3 is 2.44 bits per heavy atom. The Morgan fingerprint density at radius 1 is 1.06 bits per heavy atom. The lowest BCUT2D eigenvalue weighted by molar-refractivity contribution is 0.0690. The molecule has 2 fully saturated rings. The van der Waals surface area contributed by atoms with Crippen molar-refractivity contribution < 1.29 is 14.3 Å². The largest absolute Gasteiger partial charge is 0.477 e. The number of aromatic nitrogens is 1. The number of carboxylic acid groups (broad SMARTS) is 1. The SMILES string of the molecule is O=C(O)c1ccc(N2CCC(CN[C@@H]3CC3c3ccccc3)(Cc3ccc(F)cc3)CC2)cn1. The van der Waals surface area contributed by atoms with Gasteiger partial charge in [-0.15, -0.1) is 0 Å². The Bertz CT molecular complexity index is 1110. The number of pyridine rings is 1. The number of piperidine rings is 1. The van der Waals surface area contributed by atoms with Crippen LogP contribution in [0.25, 0.3) is 0 Å². The highest BCUT2D eigenvalue weighted by Crippen LogP contribution is 2.42. The summed E-state index contributed by atoms with van der Waals surface area (Å²) in [4.78, 5) is 17.5. The van der Waals surface area contributed by atoms with E-state index in [0.717, 1.165) is 44.6 Å². The van der Waals surface area contributed by atoms with Crippen LogP contribution >= 0.6 is 0 Å². The summed E-state index contributed by atoms with van der Waals surface area (Å²) in [5.41, 5.74) is 3.68. The van der Waals surface area contributed by atoms with Crippen LogP contribution in [0.15, 0.2) is 72.9 Å². The van der Waals surface area contributed by atoms with Crippen molar-refractivity contribution in [2.24, 2.45) is 5.41 Å². The van der Waals surface area contributed by atoms with Gasteiger partial charge in [-0.05, 0) is 66.5 Å². The Labute approximate surface area is 199 Å². The van der Waals surface area contributed by atoms with E-state index in [1.54, 1.807) is 24.4 Å². The van der Waals surface area contributed by atoms with Gasteiger partial charge in [0.05, 0.1) is 11.9 Å². The van der Waals surface area contributed by atoms with Gasteiger partial charge in [0.25, 0.3) is 0 Å². The van der Waals surface area contributed by atoms with Gasteiger partial charge in [-0.3, -0.25) is 0 Å². The molecule has 2 heterocycles. The predicted octanol–water partition coefficient (Wildman–Crippen LogP) is 4.89. The zero-order valence-corrected chi connectivity index (χ0v) is 19.2. The Kier molecular flexibility index (Phi) is 6.33. The first-order valence-corrected chi connectivity index (χ1v) is 12.0. The van der Waals surface area contributed by atoms with Gasteiger partial charge in [0.15, 0.2) is 0 Å². The van der Waals surface area contributed by atoms with Crippen molar-refractivity contribution in [1.82, 2.24) is 10.3 Å². The molecule has 1 aromatic heterocycles. The Morgan fingerprint density at radius 2 is 1.79 bits per heavy atom. The van der Waals surface area contributed by atoms with E-state index in [9.17, 15) is 9.18 Å². The first-order valence-electron chi connectivity index (χ1n) is 12.0. The van der Waals surface area contributed by atoms with Crippen LogP contribution in [-0.4, -0.2) is 41.7 Å². The van der Waals surface area contributed by atoms with Crippen LogP contribution in [0.2, 0.25) is 0 Å². The normalized spacial score (nSPS) is 21.3. The highest BCUT2D eigenvalue weighted by atomic mass is 19.1. The highest BCUT2D eigenvalue weighted by molar-refractivity contribution is 5.85. The number of aromatic carboxylic acids is 1. The van der Waals surface area contributed by atoms with Crippen LogP contribution in [-0.2, 0) is 6.42 Å². The summed E-state index contributed by atoms with van der Waals surface area (Å²) in [6.07, 6.45) is 5.74. The second kappa shape index (κ2) is 9.55. The molecule has 2 aliphatic rings. The van der Waals surface area contributed by atoms with Gasteiger partial charge in [0, 0.05) is 31.6 Å². The van der Waals surface area contributed by atoms with Gasteiger partial charge < -0.3 is 15.3 Å². The molecule has 2 N–H and O–H groups in total. The minimum atomic E-state index is -1.01. The summed E-state index contributed by atoms with van der Waals surface area (Å²) in [7, 11) is 0. The molecule has 0 bridgehead atoms. The van der Waals surface area contributed by atoms with Gasteiger partial charge in [-0.25, -0.2) is 14.2 Å².